The minimum Gasteiger partial charge on any atom is -0.247 e. The minimum absolute atomic E-state index is 0.0442. The summed E-state index contributed by atoms with van der Waals surface area (Å²) in [6.07, 6.45) is -2.54. The quantitative estimate of drug-likeness (QED) is 0.379. The number of hydrogen-bond donors (Lipinski definition) is 0. The molecule has 1 atom stereocenters. The Bertz CT molecular complexity index is 202. The molecule has 0 fully saturated rings. The third-order valence-electron chi connectivity index (χ3n) is 1.69. The molecule has 0 aromatic rings. The summed E-state index contributed by atoms with van der Waals surface area (Å²) in [5, 5.41) is 0. The van der Waals surface area contributed by atoms with E-state index in [9.17, 15) is 18.0 Å². The maximum Gasteiger partial charge on any atom is 0.328 e. The molecular weight excluding hydrogens is 185 g/mol. The molecule has 0 aliphatic carbocycles. The molecule has 0 amide bonds. The Labute approximate surface area is 74.2 Å². The number of nitrogens with zero attached hydrogens (tertiary/aromatic N) is 2. The fourth-order valence-electron chi connectivity index (χ4n) is 0.989. The van der Waals surface area contributed by atoms with Gasteiger partial charge in [0.25, 0.3) is 0 Å². The van der Waals surface area contributed by atoms with Crippen LogP contribution in [0.1, 0.15) is 13.8 Å². The monoisotopic (exact) mass is 196 g/mol. The van der Waals surface area contributed by atoms with Gasteiger partial charge in [0.1, 0.15) is 0 Å². The Morgan fingerprint density at radius 1 is 1.46 bits per heavy atom. The molecule has 0 aliphatic heterocycles. The molecular formula is C7H11F3N2O. The lowest BCUT2D eigenvalue weighted by Crippen LogP contribution is -2.48. The Kier molecular flexibility index (Phi) is 4.66. The van der Waals surface area contributed by atoms with Crippen LogP contribution >= 0.6 is 0 Å². The van der Waals surface area contributed by atoms with Crippen LogP contribution in [0.15, 0.2) is 4.99 Å². The zero-order valence-corrected chi connectivity index (χ0v) is 7.43. The van der Waals surface area contributed by atoms with Gasteiger partial charge >= 0.3 is 12.3 Å². The number of hydrogen-bond acceptors (Lipinski definition) is 3. The van der Waals surface area contributed by atoms with Gasteiger partial charge in [-0.05, 0) is 0 Å². The van der Waals surface area contributed by atoms with Crippen molar-refractivity contribution in [3.63, 3.8) is 0 Å². The van der Waals surface area contributed by atoms with Crippen molar-refractivity contribution in [2.75, 3.05) is 13.1 Å². The lowest BCUT2D eigenvalue weighted by atomic mass is 10.3. The molecule has 0 heterocycles. The van der Waals surface area contributed by atoms with Crippen molar-refractivity contribution in [1.29, 1.82) is 0 Å². The fourth-order valence-corrected chi connectivity index (χ4v) is 0.989. The van der Waals surface area contributed by atoms with E-state index >= 15 is 0 Å². The van der Waals surface area contributed by atoms with E-state index in [-0.39, 0.29) is 13.1 Å². The summed E-state index contributed by atoms with van der Waals surface area (Å²) >= 11 is 0. The normalized spacial score (nSPS) is 15.6. The summed E-state index contributed by atoms with van der Waals surface area (Å²) in [5.74, 6) is -3.23. The number of aliphatic imine (C=N–C) groups is 1. The highest BCUT2D eigenvalue weighted by Crippen LogP contribution is 2.26. The van der Waals surface area contributed by atoms with E-state index in [1.165, 1.54) is 13.8 Å². The maximum absolute atomic E-state index is 13.3. The predicted molar refractivity (Wildman–Crippen MR) is 40.9 cm³/mol. The summed E-state index contributed by atoms with van der Waals surface area (Å²) in [5.41, 5.74) is 0. The zero-order chi connectivity index (χ0) is 10.5. The average molecular weight is 196 g/mol. The van der Waals surface area contributed by atoms with Gasteiger partial charge in [0, 0.05) is 13.1 Å². The Morgan fingerprint density at radius 3 is 2.15 bits per heavy atom. The Hall–Kier alpha value is -0.870. The van der Waals surface area contributed by atoms with Crippen LogP contribution in [0.5, 0.6) is 0 Å². The van der Waals surface area contributed by atoms with Crippen molar-refractivity contribution in [2.24, 2.45) is 4.99 Å². The van der Waals surface area contributed by atoms with Gasteiger partial charge in [0.15, 0.2) is 0 Å². The zero-order valence-electron chi connectivity index (χ0n) is 7.43. The smallest absolute Gasteiger partial charge is 0.247 e. The van der Waals surface area contributed by atoms with Gasteiger partial charge in [-0.3, -0.25) is 0 Å². The van der Waals surface area contributed by atoms with E-state index in [4.69, 9.17) is 0 Å². The molecule has 76 valence electrons. The molecule has 13 heavy (non-hydrogen) atoms. The Balaban J connectivity index is 4.85. The van der Waals surface area contributed by atoms with E-state index in [0.29, 0.717) is 0 Å². The largest absolute Gasteiger partial charge is 0.328 e. The first kappa shape index (κ1) is 12.1. The summed E-state index contributed by atoms with van der Waals surface area (Å²) in [6.45, 7) is 3.09. The molecule has 0 bridgehead atoms. The van der Waals surface area contributed by atoms with Crippen molar-refractivity contribution in [3.8, 4) is 0 Å². The van der Waals surface area contributed by atoms with Crippen LogP contribution < -0.4 is 0 Å². The number of rotatable bonds is 5. The number of carbonyl (C=O) groups excluding carboxylic acids is 1. The van der Waals surface area contributed by atoms with Crippen molar-refractivity contribution in [2.45, 2.75) is 26.2 Å². The molecule has 0 aromatic carbocycles. The lowest BCUT2D eigenvalue weighted by molar-refractivity contribution is -0.132. The summed E-state index contributed by atoms with van der Waals surface area (Å²) < 4.78 is 37.7. The molecule has 0 aliphatic rings. The van der Waals surface area contributed by atoms with Gasteiger partial charge in [-0.1, -0.05) is 13.8 Å². The minimum atomic E-state index is -3.35. The first-order valence-electron chi connectivity index (χ1n) is 3.84. The maximum atomic E-state index is 13.3. The summed E-state index contributed by atoms with van der Waals surface area (Å²) in [4.78, 5) is 13.0. The highest BCUT2D eigenvalue weighted by Gasteiger charge is 2.45. The molecule has 1 unspecified atom stereocenters. The molecule has 0 radical (unpaired) electrons. The second-order valence-electron chi connectivity index (χ2n) is 2.31. The molecule has 0 rings (SSSR count). The van der Waals surface area contributed by atoms with E-state index in [1.54, 1.807) is 0 Å². The van der Waals surface area contributed by atoms with E-state index in [1.807, 2.05) is 0 Å². The van der Waals surface area contributed by atoms with Gasteiger partial charge in [0.05, 0.1) is 0 Å². The van der Waals surface area contributed by atoms with Gasteiger partial charge in [0.2, 0.25) is 6.08 Å². The van der Waals surface area contributed by atoms with Crippen molar-refractivity contribution in [1.82, 2.24) is 4.90 Å². The van der Waals surface area contributed by atoms with Crippen molar-refractivity contribution in [3.05, 3.63) is 0 Å². The van der Waals surface area contributed by atoms with Crippen LogP contribution in [-0.2, 0) is 4.79 Å². The number of halogens is 3. The molecule has 0 N–H and O–H groups in total. The highest BCUT2D eigenvalue weighted by molar-refractivity contribution is 5.34. The lowest BCUT2D eigenvalue weighted by Gasteiger charge is -2.30. The van der Waals surface area contributed by atoms with Gasteiger partial charge in [-0.15, -0.1) is 4.99 Å². The number of alkyl halides is 3. The van der Waals surface area contributed by atoms with Crippen molar-refractivity contribution >= 4 is 6.08 Å². The summed E-state index contributed by atoms with van der Waals surface area (Å²) in [7, 11) is 0. The predicted octanol–water partition coefficient (Wildman–Crippen LogP) is 1.55. The van der Waals surface area contributed by atoms with E-state index < -0.39 is 12.3 Å². The first-order valence-corrected chi connectivity index (χ1v) is 3.84. The third-order valence-corrected chi connectivity index (χ3v) is 1.69. The molecule has 6 heteroatoms. The van der Waals surface area contributed by atoms with E-state index in [2.05, 4.69) is 4.99 Å². The van der Waals surface area contributed by atoms with Crippen LogP contribution in [0.3, 0.4) is 0 Å². The number of isocyanates is 1. The molecule has 0 spiro atoms. The Morgan fingerprint density at radius 2 is 1.92 bits per heavy atom. The molecule has 0 aromatic heterocycles. The standard InChI is InChI=1S/C7H11F3N2O/c1-3-12(4-2)7(10,6(8)9)11-5-13/h6H,3-4H2,1-2H3. The summed E-state index contributed by atoms with van der Waals surface area (Å²) in [6, 6.07) is 0. The van der Waals surface area contributed by atoms with Crippen LogP contribution in [0.2, 0.25) is 0 Å². The van der Waals surface area contributed by atoms with Gasteiger partial charge in [-0.2, -0.15) is 4.39 Å². The highest BCUT2D eigenvalue weighted by atomic mass is 19.3. The van der Waals surface area contributed by atoms with Gasteiger partial charge < -0.3 is 0 Å². The van der Waals surface area contributed by atoms with Crippen LogP contribution in [0, 0.1) is 0 Å². The van der Waals surface area contributed by atoms with Crippen molar-refractivity contribution < 1.29 is 18.0 Å². The SMILES string of the molecule is CCN(CC)C(F)(N=C=O)C(F)F. The van der Waals surface area contributed by atoms with Gasteiger partial charge in [-0.25, -0.2) is 18.5 Å². The first-order chi connectivity index (χ1) is 6.02. The molecule has 3 nitrogen and oxygen atoms in total. The molecule has 0 saturated heterocycles. The topological polar surface area (TPSA) is 32.7 Å². The van der Waals surface area contributed by atoms with E-state index in [0.717, 1.165) is 11.0 Å². The molecule has 0 saturated carbocycles. The van der Waals surface area contributed by atoms with Crippen LogP contribution in [0.4, 0.5) is 13.2 Å². The van der Waals surface area contributed by atoms with Crippen LogP contribution in [-0.4, -0.2) is 36.4 Å². The van der Waals surface area contributed by atoms with Crippen LogP contribution in [0.25, 0.3) is 0 Å². The second kappa shape index (κ2) is 4.99. The average Bonchev–Trinajstić information content (AvgIpc) is 2.06. The third kappa shape index (κ3) is 2.54. The fraction of sp³-hybridized carbons (Fsp3) is 0.857. The second-order valence-corrected chi connectivity index (χ2v) is 2.31.